The first-order valence-corrected chi connectivity index (χ1v) is 6.51. The van der Waals surface area contributed by atoms with Crippen molar-refractivity contribution in [2.75, 3.05) is 7.05 Å². The van der Waals surface area contributed by atoms with E-state index in [2.05, 4.69) is 50.4 Å². The molecular weight excluding hydrogens is 208 g/mol. The predicted octanol–water partition coefficient (Wildman–Crippen LogP) is 3.03. The number of hydrogen-bond donors (Lipinski definition) is 2. The highest BCUT2D eigenvalue weighted by atomic mass is 14.9. The lowest BCUT2D eigenvalue weighted by atomic mass is 9.93. The Morgan fingerprint density at radius 1 is 1.24 bits per heavy atom. The minimum Gasteiger partial charge on any atom is -0.326 e. The van der Waals surface area contributed by atoms with Gasteiger partial charge in [-0.25, -0.2) is 0 Å². The van der Waals surface area contributed by atoms with Crippen molar-refractivity contribution in [2.24, 2.45) is 5.73 Å². The van der Waals surface area contributed by atoms with Crippen LogP contribution in [0.3, 0.4) is 0 Å². The van der Waals surface area contributed by atoms with Crippen LogP contribution in [0.2, 0.25) is 0 Å². The normalized spacial score (nSPS) is 13.7. The molecule has 0 aliphatic carbocycles. The van der Waals surface area contributed by atoms with Crippen LogP contribution in [0, 0.1) is 0 Å². The van der Waals surface area contributed by atoms with Crippen LogP contribution < -0.4 is 11.1 Å². The van der Waals surface area contributed by atoms with Crippen LogP contribution >= 0.6 is 0 Å². The molecular formula is C15H26N2. The van der Waals surface area contributed by atoms with Gasteiger partial charge < -0.3 is 11.1 Å². The molecule has 96 valence electrons. The molecule has 1 aromatic rings. The number of hydrogen-bond acceptors (Lipinski definition) is 2. The Balaban J connectivity index is 2.66. The SMILES string of the molecule is CCc1ccc(C(CCC(C)(C)N)NC)cc1. The van der Waals surface area contributed by atoms with Crippen molar-refractivity contribution in [3.05, 3.63) is 35.4 Å². The molecule has 0 radical (unpaired) electrons. The average Bonchev–Trinajstić information content (AvgIpc) is 2.29. The van der Waals surface area contributed by atoms with Crippen molar-refractivity contribution >= 4 is 0 Å². The topological polar surface area (TPSA) is 38.0 Å². The Labute approximate surface area is 106 Å². The maximum atomic E-state index is 6.03. The molecule has 1 atom stereocenters. The molecule has 2 nitrogen and oxygen atoms in total. The second kappa shape index (κ2) is 6.18. The summed E-state index contributed by atoms with van der Waals surface area (Å²) >= 11 is 0. The van der Waals surface area contributed by atoms with Gasteiger partial charge in [0.15, 0.2) is 0 Å². The van der Waals surface area contributed by atoms with E-state index in [-0.39, 0.29) is 5.54 Å². The van der Waals surface area contributed by atoms with E-state index >= 15 is 0 Å². The van der Waals surface area contributed by atoms with Gasteiger partial charge in [0.25, 0.3) is 0 Å². The van der Waals surface area contributed by atoms with Gasteiger partial charge in [0, 0.05) is 11.6 Å². The van der Waals surface area contributed by atoms with E-state index in [1.807, 2.05) is 7.05 Å². The van der Waals surface area contributed by atoms with Gasteiger partial charge in [-0.2, -0.15) is 0 Å². The summed E-state index contributed by atoms with van der Waals surface area (Å²) in [6.45, 7) is 6.35. The van der Waals surface area contributed by atoms with Crippen LogP contribution in [0.25, 0.3) is 0 Å². The first kappa shape index (κ1) is 14.2. The van der Waals surface area contributed by atoms with E-state index < -0.39 is 0 Å². The Kier molecular flexibility index (Phi) is 5.16. The van der Waals surface area contributed by atoms with E-state index in [0.717, 1.165) is 19.3 Å². The molecule has 1 aromatic carbocycles. The summed E-state index contributed by atoms with van der Waals surface area (Å²) in [6.07, 6.45) is 3.19. The van der Waals surface area contributed by atoms with Crippen molar-refractivity contribution in [2.45, 2.75) is 51.6 Å². The average molecular weight is 234 g/mol. The van der Waals surface area contributed by atoms with Crippen molar-refractivity contribution in [1.82, 2.24) is 5.32 Å². The van der Waals surface area contributed by atoms with Crippen molar-refractivity contribution in [3.8, 4) is 0 Å². The second-order valence-corrected chi connectivity index (χ2v) is 5.46. The lowest BCUT2D eigenvalue weighted by Gasteiger charge is -2.23. The van der Waals surface area contributed by atoms with Crippen molar-refractivity contribution < 1.29 is 0 Å². The van der Waals surface area contributed by atoms with Gasteiger partial charge in [0.1, 0.15) is 0 Å². The summed E-state index contributed by atoms with van der Waals surface area (Å²) in [5.41, 5.74) is 8.70. The Morgan fingerprint density at radius 2 is 1.82 bits per heavy atom. The van der Waals surface area contributed by atoms with Crippen LogP contribution in [-0.2, 0) is 6.42 Å². The Morgan fingerprint density at radius 3 is 2.24 bits per heavy atom. The highest BCUT2D eigenvalue weighted by molar-refractivity contribution is 5.25. The predicted molar refractivity (Wildman–Crippen MR) is 75.1 cm³/mol. The highest BCUT2D eigenvalue weighted by Gasteiger charge is 2.15. The van der Waals surface area contributed by atoms with Crippen LogP contribution in [0.1, 0.15) is 50.8 Å². The van der Waals surface area contributed by atoms with Crippen molar-refractivity contribution in [3.63, 3.8) is 0 Å². The van der Waals surface area contributed by atoms with E-state index in [1.165, 1.54) is 11.1 Å². The monoisotopic (exact) mass is 234 g/mol. The molecule has 1 unspecified atom stereocenters. The maximum Gasteiger partial charge on any atom is 0.0318 e. The molecule has 0 fully saturated rings. The third-order valence-electron chi connectivity index (χ3n) is 3.22. The zero-order valence-corrected chi connectivity index (χ0v) is 11.6. The summed E-state index contributed by atoms with van der Waals surface area (Å²) in [4.78, 5) is 0. The van der Waals surface area contributed by atoms with E-state index in [0.29, 0.717) is 6.04 Å². The summed E-state index contributed by atoms with van der Waals surface area (Å²) in [7, 11) is 2.02. The van der Waals surface area contributed by atoms with Gasteiger partial charge in [-0.3, -0.25) is 0 Å². The largest absolute Gasteiger partial charge is 0.326 e. The first-order valence-electron chi connectivity index (χ1n) is 6.51. The zero-order valence-electron chi connectivity index (χ0n) is 11.6. The molecule has 0 aromatic heterocycles. The van der Waals surface area contributed by atoms with E-state index in [4.69, 9.17) is 5.73 Å². The number of rotatable bonds is 6. The fourth-order valence-electron chi connectivity index (χ4n) is 1.98. The number of nitrogens with one attached hydrogen (secondary N) is 1. The lowest BCUT2D eigenvalue weighted by molar-refractivity contribution is 0.411. The molecule has 0 saturated heterocycles. The highest BCUT2D eigenvalue weighted by Crippen LogP contribution is 2.21. The molecule has 0 aliphatic rings. The number of benzene rings is 1. The molecule has 17 heavy (non-hydrogen) atoms. The number of nitrogens with two attached hydrogens (primary N) is 1. The van der Waals surface area contributed by atoms with E-state index in [9.17, 15) is 0 Å². The molecule has 0 amide bonds. The minimum absolute atomic E-state index is 0.0849. The summed E-state index contributed by atoms with van der Waals surface area (Å²) in [5.74, 6) is 0. The Hall–Kier alpha value is -0.860. The van der Waals surface area contributed by atoms with Crippen LogP contribution in [0.5, 0.6) is 0 Å². The molecule has 0 bridgehead atoms. The molecule has 0 aliphatic heterocycles. The molecule has 0 saturated carbocycles. The fraction of sp³-hybridized carbons (Fsp3) is 0.600. The van der Waals surface area contributed by atoms with Crippen LogP contribution in [0.15, 0.2) is 24.3 Å². The summed E-state index contributed by atoms with van der Waals surface area (Å²) < 4.78 is 0. The third-order valence-corrected chi connectivity index (χ3v) is 3.22. The lowest BCUT2D eigenvalue weighted by Crippen LogP contribution is -2.33. The standard InChI is InChI=1S/C15H26N2/c1-5-12-6-8-13(9-7-12)14(17-4)10-11-15(2,3)16/h6-9,14,17H,5,10-11,16H2,1-4H3. The van der Waals surface area contributed by atoms with Gasteiger partial charge >= 0.3 is 0 Å². The van der Waals surface area contributed by atoms with Gasteiger partial charge in [0.05, 0.1) is 0 Å². The van der Waals surface area contributed by atoms with Crippen molar-refractivity contribution in [1.29, 1.82) is 0 Å². The fourth-order valence-corrected chi connectivity index (χ4v) is 1.98. The van der Waals surface area contributed by atoms with Crippen LogP contribution in [-0.4, -0.2) is 12.6 Å². The van der Waals surface area contributed by atoms with Gasteiger partial charge in [-0.05, 0) is 51.3 Å². The Bertz CT molecular complexity index is 322. The quantitative estimate of drug-likeness (QED) is 0.794. The number of aryl methyl sites for hydroxylation is 1. The molecule has 3 N–H and O–H groups in total. The smallest absolute Gasteiger partial charge is 0.0318 e. The first-order chi connectivity index (χ1) is 7.96. The molecule has 1 rings (SSSR count). The molecule has 2 heteroatoms. The van der Waals surface area contributed by atoms with E-state index in [1.54, 1.807) is 0 Å². The van der Waals surface area contributed by atoms with Gasteiger partial charge in [0.2, 0.25) is 0 Å². The van der Waals surface area contributed by atoms with Gasteiger partial charge in [-0.15, -0.1) is 0 Å². The second-order valence-electron chi connectivity index (χ2n) is 5.46. The molecule has 0 spiro atoms. The molecule has 0 heterocycles. The summed E-state index contributed by atoms with van der Waals surface area (Å²) in [5, 5.41) is 3.37. The zero-order chi connectivity index (χ0) is 12.9. The minimum atomic E-state index is -0.0849. The maximum absolute atomic E-state index is 6.03. The third kappa shape index (κ3) is 4.88. The van der Waals surface area contributed by atoms with Crippen LogP contribution in [0.4, 0.5) is 0 Å². The van der Waals surface area contributed by atoms with Gasteiger partial charge in [-0.1, -0.05) is 31.2 Å². The summed E-state index contributed by atoms with van der Waals surface area (Å²) in [6, 6.07) is 9.29.